The van der Waals surface area contributed by atoms with E-state index in [2.05, 4.69) is 51.5 Å². The molecule has 0 aliphatic carbocycles. The fraction of sp³-hybridized carbons (Fsp3) is 0.226. The fourth-order valence-electron chi connectivity index (χ4n) is 9.75. The average Bonchev–Trinajstić information content (AvgIpc) is 4.16. The summed E-state index contributed by atoms with van der Waals surface area (Å²) in [5.74, 6) is -0.845. The maximum atomic E-state index is 12.9. The summed E-state index contributed by atoms with van der Waals surface area (Å²) in [5.41, 5.74) is 16.4. The molecule has 1 atom stereocenters. The molecular formula is C53H46BrCl3N14O5. The van der Waals surface area contributed by atoms with Crippen LogP contribution in [0.4, 0.5) is 5.69 Å². The van der Waals surface area contributed by atoms with Crippen LogP contribution in [-0.2, 0) is 48.4 Å². The lowest BCUT2D eigenvalue weighted by Crippen LogP contribution is -2.39. The van der Waals surface area contributed by atoms with Crippen molar-refractivity contribution in [1.82, 2.24) is 58.5 Å². The van der Waals surface area contributed by atoms with Gasteiger partial charge in [0.1, 0.15) is 0 Å². The second kappa shape index (κ2) is 21.8. The number of anilines is 1. The largest absolute Gasteiger partial charge is 0.369 e. The zero-order chi connectivity index (χ0) is 53.4. The molecule has 386 valence electrons. The molecule has 5 amide bonds. The normalized spacial score (nSPS) is 14.7. The fourth-order valence-corrected chi connectivity index (χ4v) is 10.6. The lowest BCUT2D eigenvalue weighted by atomic mass is 9.92. The molecular weight excluding hydrogens is 1100 g/mol. The third-order valence-corrected chi connectivity index (χ3v) is 14.5. The van der Waals surface area contributed by atoms with Gasteiger partial charge in [-0.25, -0.2) is 28.5 Å². The third kappa shape index (κ3) is 11.0. The molecule has 0 spiro atoms. The molecule has 3 aliphatic heterocycles. The number of halogens is 4. The van der Waals surface area contributed by atoms with Crippen molar-refractivity contribution in [3.05, 3.63) is 186 Å². The van der Waals surface area contributed by atoms with Crippen LogP contribution in [-0.4, -0.2) is 108 Å². The first-order chi connectivity index (χ1) is 36.6. The average molecular weight is 1150 g/mol. The highest BCUT2D eigenvalue weighted by atomic mass is 79.9. The number of hydrogen-bond acceptors (Lipinski definition) is 11. The first kappa shape index (κ1) is 51.7. The summed E-state index contributed by atoms with van der Waals surface area (Å²) in [6.07, 6.45) is 12.1. The Kier molecular flexibility index (Phi) is 14.8. The Morgan fingerprint density at radius 3 is 1.75 bits per heavy atom. The minimum absolute atomic E-state index is 0.0543. The molecule has 0 radical (unpaired) electrons. The number of benzene rings is 3. The smallest absolute Gasteiger partial charge is 0.274 e. The Bertz CT molecular complexity index is 3620. The van der Waals surface area contributed by atoms with E-state index in [1.807, 2.05) is 66.4 Å². The van der Waals surface area contributed by atoms with Gasteiger partial charge < -0.3 is 25.8 Å². The molecule has 6 aromatic heterocycles. The second-order valence-corrected chi connectivity index (χ2v) is 20.5. The Balaban J connectivity index is 0.000000130. The molecule has 0 bridgehead atoms. The van der Waals surface area contributed by atoms with Crippen molar-refractivity contribution in [3.8, 4) is 0 Å². The van der Waals surface area contributed by atoms with E-state index >= 15 is 0 Å². The van der Waals surface area contributed by atoms with E-state index in [4.69, 9.17) is 40.5 Å². The number of amides is 5. The molecule has 3 N–H and O–H groups in total. The minimum atomic E-state index is -0.347. The van der Waals surface area contributed by atoms with Crippen molar-refractivity contribution in [2.75, 3.05) is 25.0 Å². The van der Waals surface area contributed by atoms with E-state index < -0.39 is 0 Å². The van der Waals surface area contributed by atoms with E-state index in [0.717, 1.165) is 60.5 Å². The molecule has 0 saturated carbocycles. The summed E-state index contributed by atoms with van der Waals surface area (Å²) < 4.78 is 5.40. The number of rotatable bonds is 6. The Labute approximate surface area is 457 Å². The van der Waals surface area contributed by atoms with Gasteiger partial charge in [0.05, 0.1) is 39.4 Å². The van der Waals surface area contributed by atoms with Gasteiger partial charge in [0.2, 0.25) is 11.8 Å². The van der Waals surface area contributed by atoms with Crippen LogP contribution in [0.5, 0.6) is 0 Å². The van der Waals surface area contributed by atoms with E-state index in [0.29, 0.717) is 89.6 Å². The lowest BCUT2D eigenvalue weighted by molar-refractivity contribution is -0.117. The van der Waals surface area contributed by atoms with Gasteiger partial charge in [0, 0.05) is 93.3 Å². The number of fused-ring (bicyclic) bond motifs is 6. The molecule has 3 aromatic carbocycles. The molecule has 9 heterocycles. The zero-order valence-corrected chi connectivity index (χ0v) is 44.7. The van der Waals surface area contributed by atoms with Gasteiger partial charge in [-0.3, -0.25) is 24.0 Å². The molecule has 0 saturated heterocycles. The van der Waals surface area contributed by atoms with Gasteiger partial charge in [-0.1, -0.05) is 77.3 Å². The van der Waals surface area contributed by atoms with Crippen LogP contribution in [0.25, 0.3) is 16.9 Å². The predicted octanol–water partition coefficient (Wildman–Crippen LogP) is 8.05. The highest BCUT2D eigenvalue weighted by molar-refractivity contribution is 9.10. The molecule has 0 fully saturated rings. The molecule has 76 heavy (non-hydrogen) atoms. The quantitative estimate of drug-likeness (QED) is 0.162. The van der Waals surface area contributed by atoms with Crippen LogP contribution >= 0.6 is 50.7 Å². The van der Waals surface area contributed by atoms with Crippen LogP contribution < -0.4 is 11.1 Å². The van der Waals surface area contributed by atoms with E-state index in [-0.39, 0.29) is 42.0 Å². The second-order valence-electron chi connectivity index (χ2n) is 18.3. The molecule has 9 aromatic rings. The van der Waals surface area contributed by atoms with Crippen molar-refractivity contribution in [2.45, 2.75) is 58.7 Å². The summed E-state index contributed by atoms with van der Waals surface area (Å²) in [6.45, 7) is 6.21. The van der Waals surface area contributed by atoms with Crippen molar-refractivity contribution >= 4 is 103 Å². The molecule has 1 unspecified atom stereocenters. The summed E-state index contributed by atoms with van der Waals surface area (Å²) in [7, 11) is 0. The minimum Gasteiger partial charge on any atom is -0.369 e. The number of nitrogens with two attached hydrogens (primary N) is 1. The number of primary amides is 1. The Hall–Kier alpha value is -7.78. The number of hydrogen-bond donors (Lipinski definition) is 2. The summed E-state index contributed by atoms with van der Waals surface area (Å²) in [5, 5.41) is 17.5. The van der Waals surface area contributed by atoms with Crippen molar-refractivity contribution in [1.29, 1.82) is 0 Å². The summed E-state index contributed by atoms with van der Waals surface area (Å²) >= 11 is 21.5. The number of nitrogens with zero attached hydrogens (tertiary/aromatic N) is 12. The number of carbonyl (C=O) groups is 5. The molecule has 3 aliphatic rings. The van der Waals surface area contributed by atoms with Crippen molar-refractivity contribution < 1.29 is 24.0 Å². The van der Waals surface area contributed by atoms with Gasteiger partial charge in [0.25, 0.3) is 17.7 Å². The lowest BCUT2D eigenvalue weighted by Gasteiger charge is -2.35. The standard InChI is InChI=1S/C18H16BrN5O2.C18H16ClN5O2.C17H14Cl2N4O/c19-13-8-21-17-7-15(22-24(17)10-13)18(26)23-5-4-14-11(6-16(20)25)2-1-3-12(14)9-23;1-11(25)21-15-4-2-3-12-9-23(6-5-14(12)15)18(26)16-7-17-20-8-13(19)10-24(17)22-16;1-10-12-3-2-4-14(19)13(12)5-6-22(10)17(24)15-7-16-20-8-11(18)9-23(16)21-15/h1-3,7-8,10H,4-6,9H2,(H2,20,25);2-4,7-8,10H,5-6,9H2,1H3,(H,21,25);2-4,7-10H,5-6H2,1H3. The van der Waals surface area contributed by atoms with Crippen LogP contribution in [0.15, 0.2) is 114 Å². The van der Waals surface area contributed by atoms with Crippen molar-refractivity contribution in [2.24, 2.45) is 5.73 Å². The molecule has 23 heteroatoms. The van der Waals surface area contributed by atoms with Crippen LogP contribution in [0, 0.1) is 0 Å². The SMILES string of the molecule is CC(=O)Nc1cccc2c1CCN(C(=O)c1cc3ncc(Cl)cn3n1)C2.CC1c2cccc(Cl)c2CCN1C(=O)c1cc2ncc(Cl)cn2n1.NC(=O)Cc1cccc2c1CCN(C(=O)c1cc3ncc(Br)cn3n1)C2. The van der Waals surface area contributed by atoms with Crippen LogP contribution in [0.1, 0.15) is 90.3 Å². The first-order valence-electron chi connectivity index (χ1n) is 24.0. The highest BCUT2D eigenvalue weighted by Crippen LogP contribution is 2.35. The van der Waals surface area contributed by atoms with Crippen LogP contribution in [0.2, 0.25) is 15.1 Å². The van der Waals surface area contributed by atoms with Crippen LogP contribution in [0.3, 0.4) is 0 Å². The highest BCUT2D eigenvalue weighted by Gasteiger charge is 2.31. The van der Waals surface area contributed by atoms with Crippen molar-refractivity contribution in [3.63, 3.8) is 0 Å². The number of nitrogens with one attached hydrogen (secondary N) is 1. The topological polar surface area (TPSA) is 224 Å². The third-order valence-electron chi connectivity index (χ3n) is 13.3. The van der Waals surface area contributed by atoms with E-state index in [1.54, 1.807) is 57.3 Å². The number of aromatic nitrogens is 9. The van der Waals surface area contributed by atoms with Gasteiger partial charge in [-0.2, -0.15) is 15.3 Å². The Morgan fingerprint density at radius 2 is 1.16 bits per heavy atom. The maximum Gasteiger partial charge on any atom is 0.274 e. The van der Waals surface area contributed by atoms with E-state index in [9.17, 15) is 24.0 Å². The zero-order valence-electron chi connectivity index (χ0n) is 40.8. The monoisotopic (exact) mass is 1140 g/mol. The Morgan fingerprint density at radius 1 is 0.645 bits per heavy atom. The van der Waals surface area contributed by atoms with Gasteiger partial charge in [-0.15, -0.1) is 0 Å². The van der Waals surface area contributed by atoms with E-state index in [1.165, 1.54) is 28.3 Å². The summed E-state index contributed by atoms with van der Waals surface area (Å²) in [4.78, 5) is 79.2. The van der Waals surface area contributed by atoms with Gasteiger partial charge in [-0.05, 0) is 93.2 Å². The molecule has 12 rings (SSSR count). The predicted molar refractivity (Wildman–Crippen MR) is 288 cm³/mol. The van der Waals surface area contributed by atoms with Gasteiger partial charge in [0.15, 0.2) is 34.0 Å². The molecule has 19 nitrogen and oxygen atoms in total. The maximum absolute atomic E-state index is 12.9. The summed E-state index contributed by atoms with van der Waals surface area (Å²) in [6, 6.07) is 22.4. The first-order valence-corrected chi connectivity index (χ1v) is 26.0. The number of carbonyl (C=O) groups excluding carboxylic acids is 5. The van der Waals surface area contributed by atoms with Gasteiger partial charge >= 0.3 is 0 Å².